The van der Waals surface area contributed by atoms with Crippen LogP contribution < -0.4 is 5.32 Å². The zero-order valence-corrected chi connectivity index (χ0v) is 11.1. The Hall–Kier alpha value is -0.0800. The maximum atomic E-state index is 5.54. The lowest BCUT2D eigenvalue weighted by Gasteiger charge is -2.27. The molecule has 0 unspecified atom stereocenters. The monoisotopic (exact) mass is 227 g/mol. The summed E-state index contributed by atoms with van der Waals surface area (Å²) in [4.78, 5) is 0. The van der Waals surface area contributed by atoms with Crippen LogP contribution in [0.15, 0.2) is 0 Å². The van der Waals surface area contributed by atoms with Crippen LogP contribution in [0, 0.1) is 5.92 Å². The first kappa shape index (κ1) is 14.0. The molecule has 2 heteroatoms. The molecular weight excluding hydrogens is 198 g/mol. The number of hydrogen-bond donors (Lipinski definition) is 1. The van der Waals surface area contributed by atoms with Crippen molar-refractivity contribution in [2.45, 2.75) is 64.8 Å². The average Bonchev–Trinajstić information content (AvgIpc) is 2.30. The van der Waals surface area contributed by atoms with Crippen molar-refractivity contribution in [3.63, 3.8) is 0 Å². The second-order valence-electron chi connectivity index (χ2n) is 5.23. The van der Waals surface area contributed by atoms with E-state index in [0.29, 0.717) is 0 Å². The van der Waals surface area contributed by atoms with Gasteiger partial charge in [0.2, 0.25) is 0 Å². The molecule has 1 N–H and O–H groups in total. The smallest absolute Gasteiger partial charge is 0.0478 e. The van der Waals surface area contributed by atoms with E-state index in [1.54, 1.807) is 0 Å². The maximum Gasteiger partial charge on any atom is 0.0478 e. The molecule has 0 heterocycles. The molecule has 1 saturated carbocycles. The van der Waals surface area contributed by atoms with E-state index in [1.165, 1.54) is 38.5 Å². The van der Waals surface area contributed by atoms with Gasteiger partial charge in [0.1, 0.15) is 0 Å². The second-order valence-corrected chi connectivity index (χ2v) is 5.23. The van der Waals surface area contributed by atoms with Crippen molar-refractivity contribution in [2.75, 3.05) is 19.8 Å². The summed E-state index contributed by atoms with van der Waals surface area (Å²) in [6.45, 7) is 7.57. The Labute approximate surface area is 101 Å². The maximum absolute atomic E-state index is 5.54. The quantitative estimate of drug-likeness (QED) is 0.642. The van der Waals surface area contributed by atoms with Gasteiger partial charge >= 0.3 is 0 Å². The van der Waals surface area contributed by atoms with Crippen LogP contribution in [0.1, 0.15) is 58.8 Å². The standard InChI is InChI=1S/C14H29NO/c1-3-4-11-16-12-5-10-15-14-8-6-13(2)7-9-14/h13-15H,3-12H2,1-2H3. The van der Waals surface area contributed by atoms with Gasteiger partial charge in [0, 0.05) is 19.3 Å². The molecule has 0 aliphatic heterocycles. The van der Waals surface area contributed by atoms with Gasteiger partial charge in [0.25, 0.3) is 0 Å². The Kier molecular flexibility index (Phi) is 7.87. The van der Waals surface area contributed by atoms with E-state index >= 15 is 0 Å². The van der Waals surface area contributed by atoms with Crippen molar-refractivity contribution in [1.29, 1.82) is 0 Å². The lowest BCUT2D eigenvalue weighted by Crippen LogP contribution is -2.33. The third kappa shape index (κ3) is 6.49. The van der Waals surface area contributed by atoms with Crippen molar-refractivity contribution in [1.82, 2.24) is 5.32 Å². The molecular formula is C14H29NO. The van der Waals surface area contributed by atoms with Crippen molar-refractivity contribution in [3.05, 3.63) is 0 Å². The molecule has 1 aliphatic carbocycles. The summed E-state index contributed by atoms with van der Waals surface area (Å²) in [5.41, 5.74) is 0. The van der Waals surface area contributed by atoms with Crippen LogP contribution in [0.4, 0.5) is 0 Å². The molecule has 96 valence electrons. The highest BCUT2D eigenvalue weighted by molar-refractivity contribution is 4.74. The van der Waals surface area contributed by atoms with Crippen molar-refractivity contribution in [3.8, 4) is 0 Å². The van der Waals surface area contributed by atoms with Crippen molar-refractivity contribution < 1.29 is 4.74 Å². The first-order valence-electron chi connectivity index (χ1n) is 7.14. The molecule has 1 aliphatic rings. The van der Waals surface area contributed by atoms with Gasteiger partial charge in [-0.15, -0.1) is 0 Å². The Morgan fingerprint density at radius 2 is 1.75 bits per heavy atom. The molecule has 0 atom stereocenters. The van der Waals surface area contributed by atoms with E-state index in [1.807, 2.05) is 0 Å². The molecule has 0 aromatic rings. The van der Waals surface area contributed by atoms with E-state index < -0.39 is 0 Å². The summed E-state index contributed by atoms with van der Waals surface area (Å²) in [7, 11) is 0. The van der Waals surface area contributed by atoms with Crippen molar-refractivity contribution in [2.24, 2.45) is 5.92 Å². The normalized spacial score (nSPS) is 25.9. The van der Waals surface area contributed by atoms with E-state index in [2.05, 4.69) is 19.2 Å². The van der Waals surface area contributed by atoms with Gasteiger partial charge in [-0.25, -0.2) is 0 Å². The molecule has 0 radical (unpaired) electrons. The van der Waals surface area contributed by atoms with Crippen LogP contribution in [0.5, 0.6) is 0 Å². The van der Waals surface area contributed by atoms with Gasteiger partial charge in [-0.2, -0.15) is 0 Å². The molecule has 0 aromatic heterocycles. The summed E-state index contributed by atoms with van der Waals surface area (Å²) in [6, 6.07) is 0.784. The van der Waals surface area contributed by atoms with Crippen LogP contribution in [-0.2, 0) is 4.74 Å². The highest BCUT2D eigenvalue weighted by atomic mass is 16.5. The lowest BCUT2D eigenvalue weighted by molar-refractivity contribution is 0.127. The number of hydrogen-bond acceptors (Lipinski definition) is 2. The minimum Gasteiger partial charge on any atom is -0.381 e. The summed E-state index contributed by atoms with van der Waals surface area (Å²) in [5, 5.41) is 3.65. The second kappa shape index (κ2) is 9.00. The Morgan fingerprint density at radius 1 is 1.06 bits per heavy atom. The van der Waals surface area contributed by atoms with E-state index in [9.17, 15) is 0 Å². The van der Waals surface area contributed by atoms with Gasteiger partial charge < -0.3 is 10.1 Å². The van der Waals surface area contributed by atoms with Gasteiger partial charge in [0.15, 0.2) is 0 Å². The Balaban J connectivity index is 1.84. The first-order valence-corrected chi connectivity index (χ1v) is 7.14. The van der Waals surface area contributed by atoms with Gasteiger partial charge in [-0.05, 0) is 51.0 Å². The van der Waals surface area contributed by atoms with Crippen LogP contribution in [0.3, 0.4) is 0 Å². The average molecular weight is 227 g/mol. The van der Waals surface area contributed by atoms with E-state index in [-0.39, 0.29) is 0 Å². The van der Waals surface area contributed by atoms with Crippen LogP contribution >= 0.6 is 0 Å². The summed E-state index contributed by atoms with van der Waals surface area (Å²) in [6.07, 6.45) is 9.16. The molecule has 0 bridgehead atoms. The first-order chi connectivity index (χ1) is 7.83. The third-order valence-electron chi connectivity index (χ3n) is 3.56. The zero-order valence-electron chi connectivity index (χ0n) is 11.1. The number of nitrogens with one attached hydrogen (secondary N) is 1. The van der Waals surface area contributed by atoms with E-state index in [0.717, 1.165) is 38.1 Å². The summed E-state index contributed by atoms with van der Waals surface area (Å²) < 4.78 is 5.54. The van der Waals surface area contributed by atoms with Gasteiger partial charge in [-0.3, -0.25) is 0 Å². The third-order valence-corrected chi connectivity index (χ3v) is 3.56. The SMILES string of the molecule is CCCCOCCCNC1CCC(C)CC1. The van der Waals surface area contributed by atoms with Crippen LogP contribution in [0.25, 0.3) is 0 Å². The molecule has 0 amide bonds. The minimum atomic E-state index is 0.784. The fraction of sp³-hybridized carbons (Fsp3) is 1.00. The number of unbranched alkanes of at least 4 members (excludes halogenated alkanes) is 1. The predicted octanol–water partition coefficient (Wildman–Crippen LogP) is 3.36. The fourth-order valence-electron chi connectivity index (χ4n) is 2.29. The molecule has 16 heavy (non-hydrogen) atoms. The fourth-order valence-corrected chi connectivity index (χ4v) is 2.29. The number of ether oxygens (including phenoxy) is 1. The minimum absolute atomic E-state index is 0.784. The lowest BCUT2D eigenvalue weighted by atomic mass is 9.87. The van der Waals surface area contributed by atoms with E-state index in [4.69, 9.17) is 4.74 Å². The van der Waals surface area contributed by atoms with Crippen molar-refractivity contribution >= 4 is 0 Å². The summed E-state index contributed by atoms with van der Waals surface area (Å²) in [5.74, 6) is 0.954. The van der Waals surface area contributed by atoms with Gasteiger partial charge in [0.05, 0.1) is 0 Å². The van der Waals surface area contributed by atoms with Crippen LogP contribution in [-0.4, -0.2) is 25.8 Å². The zero-order chi connectivity index (χ0) is 11.6. The Morgan fingerprint density at radius 3 is 2.44 bits per heavy atom. The highest BCUT2D eigenvalue weighted by Crippen LogP contribution is 2.23. The molecule has 0 aromatic carbocycles. The summed E-state index contributed by atoms with van der Waals surface area (Å²) >= 11 is 0. The molecule has 1 fully saturated rings. The molecule has 0 saturated heterocycles. The van der Waals surface area contributed by atoms with Crippen LogP contribution in [0.2, 0.25) is 0 Å². The van der Waals surface area contributed by atoms with Gasteiger partial charge in [-0.1, -0.05) is 20.3 Å². The largest absolute Gasteiger partial charge is 0.381 e. The number of rotatable bonds is 8. The molecule has 0 spiro atoms. The highest BCUT2D eigenvalue weighted by Gasteiger charge is 2.16. The molecule has 1 rings (SSSR count). The topological polar surface area (TPSA) is 21.3 Å². The Bertz CT molecular complexity index is 153. The molecule has 2 nitrogen and oxygen atoms in total. The predicted molar refractivity (Wildman–Crippen MR) is 69.8 cm³/mol.